The summed E-state index contributed by atoms with van der Waals surface area (Å²) in [6.07, 6.45) is 5.97. The maximum atomic E-state index is 12.6. The first-order valence-corrected chi connectivity index (χ1v) is 10.9. The molecule has 0 radical (unpaired) electrons. The zero-order chi connectivity index (χ0) is 20.6. The summed E-state index contributed by atoms with van der Waals surface area (Å²) in [6, 6.07) is 3.76. The Balaban J connectivity index is 1.67. The molecule has 0 aromatic heterocycles. The molecule has 4 aliphatic rings. The number of likely N-dealkylation sites (tertiary alicyclic amines) is 1. The number of hydrogen-bond acceptors (Lipinski definition) is 5. The highest BCUT2D eigenvalue weighted by Gasteiger charge is 2.66. The number of amides is 1. The van der Waals surface area contributed by atoms with Crippen molar-refractivity contribution < 1.29 is 19.8 Å². The molecule has 6 nitrogen and oxygen atoms in total. The van der Waals surface area contributed by atoms with Crippen LogP contribution in [0.3, 0.4) is 0 Å². The van der Waals surface area contributed by atoms with E-state index in [0.29, 0.717) is 43.2 Å². The predicted octanol–water partition coefficient (Wildman–Crippen LogP) is 2.03. The second-order valence-electron chi connectivity index (χ2n) is 9.72. The number of piperidine rings is 1. The lowest BCUT2D eigenvalue weighted by Gasteiger charge is -2.65. The van der Waals surface area contributed by atoms with Crippen LogP contribution in [-0.2, 0) is 16.6 Å². The third-order valence-corrected chi connectivity index (χ3v) is 8.64. The van der Waals surface area contributed by atoms with Crippen LogP contribution in [0.4, 0.5) is 0 Å². The lowest BCUT2D eigenvalue weighted by atomic mass is 9.49. The number of nitrogens with zero attached hydrogens (tertiary/aromatic N) is 1. The third kappa shape index (κ3) is 2.42. The molecule has 29 heavy (non-hydrogen) atoms. The van der Waals surface area contributed by atoms with Crippen LogP contribution in [0, 0.1) is 5.92 Å². The van der Waals surface area contributed by atoms with Gasteiger partial charge in [0.25, 0.3) is 5.91 Å². The van der Waals surface area contributed by atoms with E-state index in [1.165, 1.54) is 19.3 Å². The van der Waals surface area contributed by atoms with Crippen molar-refractivity contribution in [3.63, 3.8) is 0 Å². The molecule has 1 aromatic rings. The number of aliphatic hydroxyl groups is 1. The topological polar surface area (TPSA) is 104 Å². The summed E-state index contributed by atoms with van der Waals surface area (Å²) in [5.41, 5.74) is 5.15. The van der Waals surface area contributed by atoms with Crippen molar-refractivity contribution >= 4 is 11.7 Å². The number of phenols is 1. The van der Waals surface area contributed by atoms with Crippen molar-refractivity contribution in [2.75, 3.05) is 6.54 Å². The lowest BCUT2D eigenvalue weighted by molar-refractivity contribution is -0.182. The van der Waals surface area contributed by atoms with Gasteiger partial charge in [0.2, 0.25) is 0 Å². The molecular formula is C23H30N2O4. The zero-order valence-electron chi connectivity index (χ0n) is 17.0. The van der Waals surface area contributed by atoms with Crippen molar-refractivity contribution in [3.8, 4) is 5.75 Å². The molecule has 2 bridgehead atoms. The molecule has 3 aliphatic carbocycles. The van der Waals surface area contributed by atoms with E-state index < -0.39 is 16.9 Å². The highest BCUT2D eigenvalue weighted by molar-refractivity contribution is 5.96. The summed E-state index contributed by atoms with van der Waals surface area (Å²) in [6.45, 7) is 3.06. The van der Waals surface area contributed by atoms with E-state index in [-0.39, 0.29) is 29.6 Å². The van der Waals surface area contributed by atoms with Gasteiger partial charge in [-0.05, 0) is 63.1 Å². The number of primary amides is 1. The lowest BCUT2D eigenvalue weighted by Crippen LogP contribution is -2.74. The number of benzene rings is 1. The Morgan fingerprint density at radius 1 is 1.31 bits per heavy atom. The molecule has 1 saturated heterocycles. The fourth-order valence-electron chi connectivity index (χ4n) is 6.83. The van der Waals surface area contributed by atoms with Gasteiger partial charge < -0.3 is 15.9 Å². The summed E-state index contributed by atoms with van der Waals surface area (Å²) in [5.74, 6) is -0.0402. The standard InChI is InChI=1S/C23H30N2O4/c1-13(14-3-2-4-14)25-10-9-22-12-16(26)7-8-23(22,29)18(25)11-15-5-6-17(21(24)28)20(27)19(15)22/h5-6,13-14,18,27,29H,2-4,7-12H2,1H3,(H2,24,28). The summed E-state index contributed by atoms with van der Waals surface area (Å²) < 4.78 is 0. The largest absolute Gasteiger partial charge is 0.507 e. The van der Waals surface area contributed by atoms with E-state index in [9.17, 15) is 19.8 Å². The van der Waals surface area contributed by atoms with E-state index in [1.807, 2.05) is 6.07 Å². The number of rotatable bonds is 3. The number of carbonyl (C=O) groups excluding carboxylic acids is 2. The van der Waals surface area contributed by atoms with E-state index in [0.717, 1.165) is 12.1 Å². The molecule has 1 aliphatic heterocycles. The van der Waals surface area contributed by atoms with Crippen LogP contribution in [-0.4, -0.2) is 51.0 Å². The first kappa shape index (κ1) is 19.1. The molecular weight excluding hydrogens is 368 g/mol. The Morgan fingerprint density at radius 3 is 2.72 bits per heavy atom. The second kappa shape index (κ2) is 6.29. The minimum Gasteiger partial charge on any atom is -0.507 e. The van der Waals surface area contributed by atoms with E-state index in [1.54, 1.807) is 6.07 Å². The molecule has 0 spiro atoms. The third-order valence-electron chi connectivity index (χ3n) is 8.64. The Bertz CT molecular complexity index is 895. The van der Waals surface area contributed by atoms with Crippen LogP contribution >= 0.6 is 0 Å². The minimum absolute atomic E-state index is 0.0715. The van der Waals surface area contributed by atoms with Gasteiger partial charge in [0, 0.05) is 35.9 Å². The first-order valence-electron chi connectivity index (χ1n) is 10.9. The van der Waals surface area contributed by atoms with Gasteiger partial charge in [-0.1, -0.05) is 12.5 Å². The molecule has 6 heteroatoms. The summed E-state index contributed by atoms with van der Waals surface area (Å²) in [5, 5.41) is 23.2. The Kier molecular flexibility index (Phi) is 4.13. The van der Waals surface area contributed by atoms with Crippen molar-refractivity contribution in [2.45, 2.75) is 81.4 Å². The number of ketones is 1. The molecule has 1 aromatic carbocycles. The highest BCUT2D eigenvalue weighted by Crippen LogP contribution is 2.60. The molecule has 4 atom stereocenters. The molecule has 3 fully saturated rings. The monoisotopic (exact) mass is 398 g/mol. The van der Waals surface area contributed by atoms with E-state index >= 15 is 0 Å². The highest BCUT2D eigenvalue weighted by atomic mass is 16.3. The second-order valence-corrected chi connectivity index (χ2v) is 9.72. The van der Waals surface area contributed by atoms with Gasteiger partial charge in [-0.2, -0.15) is 0 Å². The van der Waals surface area contributed by atoms with Crippen LogP contribution < -0.4 is 5.73 Å². The molecule has 2 saturated carbocycles. The van der Waals surface area contributed by atoms with Crippen LogP contribution in [0.25, 0.3) is 0 Å². The Labute approximate surface area is 171 Å². The number of fused-ring (bicyclic) bond motifs is 1. The molecule has 1 amide bonds. The van der Waals surface area contributed by atoms with Crippen LogP contribution in [0.2, 0.25) is 0 Å². The normalized spacial score (nSPS) is 35.4. The van der Waals surface area contributed by atoms with Gasteiger partial charge in [-0.15, -0.1) is 0 Å². The average Bonchev–Trinajstić information content (AvgIpc) is 2.60. The summed E-state index contributed by atoms with van der Waals surface area (Å²) in [4.78, 5) is 26.9. The SMILES string of the molecule is CC(C1CCC1)N1CCC23CC(=O)CCC2(O)C1Cc1ccc(C(N)=O)c(O)c13. The van der Waals surface area contributed by atoms with Gasteiger partial charge in [0.15, 0.2) is 0 Å². The number of nitrogens with two attached hydrogens (primary N) is 1. The molecule has 4 unspecified atom stereocenters. The van der Waals surface area contributed by atoms with Crippen molar-refractivity contribution in [3.05, 3.63) is 28.8 Å². The van der Waals surface area contributed by atoms with Crippen molar-refractivity contribution in [2.24, 2.45) is 11.7 Å². The smallest absolute Gasteiger partial charge is 0.252 e. The van der Waals surface area contributed by atoms with Gasteiger partial charge in [0.1, 0.15) is 11.5 Å². The van der Waals surface area contributed by atoms with E-state index in [4.69, 9.17) is 5.73 Å². The molecule has 156 valence electrons. The number of carbonyl (C=O) groups is 2. The van der Waals surface area contributed by atoms with Gasteiger partial charge in [-0.25, -0.2) is 0 Å². The van der Waals surface area contributed by atoms with Crippen LogP contribution in [0.1, 0.15) is 73.4 Å². The van der Waals surface area contributed by atoms with E-state index in [2.05, 4.69) is 11.8 Å². The number of aromatic hydroxyl groups is 1. The summed E-state index contributed by atoms with van der Waals surface area (Å²) in [7, 11) is 0. The molecule has 5 rings (SSSR count). The van der Waals surface area contributed by atoms with Crippen molar-refractivity contribution in [1.29, 1.82) is 0 Å². The Hall–Kier alpha value is -1.92. The Morgan fingerprint density at radius 2 is 2.07 bits per heavy atom. The number of Topliss-reactive ketones (excluding diaryl/α,β-unsaturated/α-hetero) is 1. The van der Waals surface area contributed by atoms with Crippen molar-refractivity contribution in [1.82, 2.24) is 4.90 Å². The molecule has 4 N–H and O–H groups in total. The number of hydrogen-bond donors (Lipinski definition) is 3. The first-order chi connectivity index (χ1) is 13.8. The minimum atomic E-state index is -1.09. The quantitative estimate of drug-likeness (QED) is 0.723. The van der Waals surface area contributed by atoms with Gasteiger partial charge in [-0.3, -0.25) is 14.5 Å². The van der Waals surface area contributed by atoms with Crippen LogP contribution in [0.5, 0.6) is 5.75 Å². The van der Waals surface area contributed by atoms with Crippen LogP contribution in [0.15, 0.2) is 12.1 Å². The molecule has 1 heterocycles. The average molecular weight is 399 g/mol. The fraction of sp³-hybridized carbons (Fsp3) is 0.652. The fourth-order valence-corrected chi connectivity index (χ4v) is 6.83. The van der Waals surface area contributed by atoms with Gasteiger partial charge in [0.05, 0.1) is 11.2 Å². The maximum absolute atomic E-state index is 12.6. The van der Waals surface area contributed by atoms with Gasteiger partial charge >= 0.3 is 0 Å². The predicted molar refractivity (Wildman–Crippen MR) is 108 cm³/mol. The zero-order valence-corrected chi connectivity index (χ0v) is 17.0. The maximum Gasteiger partial charge on any atom is 0.252 e. The summed E-state index contributed by atoms with van der Waals surface area (Å²) >= 11 is 0.